The first-order chi connectivity index (χ1) is 8.11. The monoisotopic (exact) mass is 256 g/mol. The number of hydrogen-bond acceptors (Lipinski definition) is 3. The van der Waals surface area contributed by atoms with Crippen LogP contribution in [0, 0.1) is 0 Å². The average molecular weight is 256 g/mol. The Morgan fingerprint density at radius 1 is 1.59 bits per heavy atom. The molecule has 0 aromatic heterocycles. The zero-order valence-electron chi connectivity index (χ0n) is 11.2. The van der Waals surface area contributed by atoms with Gasteiger partial charge in [0.1, 0.15) is 0 Å². The maximum atomic E-state index is 5.56. The van der Waals surface area contributed by atoms with Gasteiger partial charge in [0, 0.05) is 17.9 Å². The molecule has 2 fully saturated rings. The highest BCUT2D eigenvalue weighted by Gasteiger charge is 2.28. The molecule has 0 amide bonds. The summed E-state index contributed by atoms with van der Waals surface area (Å²) in [4.78, 5) is 4.88. The van der Waals surface area contributed by atoms with Gasteiger partial charge >= 0.3 is 0 Å². The molecule has 2 rings (SSSR count). The lowest BCUT2D eigenvalue weighted by molar-refractivity contribution is 0.0204. The third-order valence-electron chi connectivity index (χ3n) is 3.84. The Bertz CT molecular complexity index is 295. The van der Waals surface area contributed by atoms with Crippen molar-refractivity contribution in [2.24, 2.45) is 4.99 Å². The Labute approximate surface area is 109 Å². The van der Waals surface area contributed by atoms with E-state index < -0.39 is 0 Å². The quantitative estimate of drug-likeness (QED) is 0.825. The number of nitrogens with one attached hydrogen (secondary N) is 1. The number of hydrogen-bond donors (Lipinski definition) is 1. The second-order valence-corrected chi connectivity index (χ2v) is 6.52. The fourth-order valence-corrected chi connectivity index (χ4v) is 3.61. The predicted molar refractivity (Wildman–Crippen MR) is 74.8 cm³/mol. The van der Waals surface area contributed by atoms with Crippen molar-refractivity contribution in [2.75, 3.05) is 12.4 Å². The third-order valence-corrected chi connectivity index (χ3v) is 4.73. The van der Waals surface area contributed by atoms with Crippen molar-refractivity contribution >= 4 is 16.9 Å². The number of ether oxygens (including phenoxy) is 1. The van der Waals surface area contributed by atoms with Gasteiger partial charge in [0.05, 0.1) is 12.1 Å². The summed E-state index contributed by atoms with van der Waals surface area (Å²) < 4.78 is 5.56. The van der Waals surface area contributed by atoms with Crippen molar-refractivity contribution in [1.82, 2.24) is 5.32 Å². The minimum Gasteiger partial charge on any atom is -0.378 e. The lowest BCUT2D eigenvalue weighted by Gasteiger charge is -2.36. The smallest absolute Gasteiger partial charge is 0.157 e. The first-order valence-corrected chi connectivity index (χ1v) is 7.70. The molecule has 0 radical (unpaired) electrons. The molecule has 3 nitrogen and oxygen atoms in total. The molecule has 0 bridgehead atoms. The number of nitrogens with zero attached hydrogens (tertiary/aromatic N) is 1. The second kappa shape index (κ2) is 5.61. The second-order valence-electron chi connectivity index (χ2n) is 5.43. The molecule has 17 heavy (non-hydrogen) atoms. The molecule has 0 aliphatic carbocycles. The van der Waals surface area contributed by atoms with E-state index in [4.69, 9.17) is 9.73 Å². The molecule has 98 valence electrons. The van der Waals surface area contributed by atoms with E-state index in [-0.39, 0.29) is 5.54 Å². The summed E-state index contributed by atoms with van der Waals surface area (Å²) in [6, 6.07) is 0.452. The molecule has 4 heteroatoms. The molecule has 2 aliphatic rings. The predicted octanol–water partition coefficient (Wildman–Crippen LogP) is 2.81. The van der Waals surface area contributed by atoms with Gasteiger partial charge in [0.2, 0.25) is 0 Å². The van der Waals surface area contributed by atoms with Gasteiger partial charge in [-0.05, 0) is 39.5 Å². The summed E-state index contributed by atoms with van der Waals surface area (Å²) in [7, 11) is 0. The maximum Gasteiger partial charge on any atom is 0.157 e. The van der Waals surface area contributed by atoms with Crippen LogP contribution in [0.15, 0.2) is 4.99 Å². The van der Waals surface area contributed by atoms with Gasteiger partial charge in [0.25, 0.3) is 0 Å². The molecular weight excluding hydrogens is 232 g/mol. The van der Waals surface area contributed by atoms with Gasteiger partial charge < -0.3 is 10.1 Å². The minimum atomic E-state index is 0.251. The molecule has 0 aromatic carbocycles. The largest absolute Gasteiger partial charge is 0.378 e. The third kappa shape index (κ3) is 3.62. The first-order valence-electron chi connectivity index (χ1n) is 6.72. The first kappa shape index (κ1) is 13.2. The summed E-state index contributed by atoms with van der Waals surface area (Å²) in [6.45, 7) is 7.55. The zero-order chi connectivity index (χ0) is 12.3. The minimum absolute atomic E-state index is 0.251. The highest BCUT2D eigenvalue weighted by Crippen LogP contribution is 2.26. The lowest BCUT2D eigenvalue weighted by Crippen LogP contribution is -2.48. The van der Waals surface area contributed by atoms with Crippen LogP contribution in [0.1, 0.15) is 46.5 Å². The van der Waals surface area contributed by atoms with E-state index in [1.165, 1.54) is 12.2 Å². The fraction of sp³-hybridized carbons (Fsp3) is 0.923. The Hall–Kier alpha value is -0.220. The molecule has 3 unspecified atom stereocenters. The Morgan fingerprint density at radius 2 is 2.41 bits per heavy atom. The normalized spacial score (nSPS) is 41.2. The van der Waals surface area contributed by atoms with Gasteiger partial charge in [-0.3, -0.25) is 4.99 Å². The van der Waals surface area contributed by atoms with Crippen LogP contribution in [0.25, 0.3) is 0 Å². The molecule has 1 N–H and O–H groups in total. The summed E-state index contributed by atoms with van der Waals surface area (Å²) in [5.41, 5.74) is 0.251. The van der Waals surface area contributed by atoms with Crippen LogP contribution < -0.4 is 5.32 Å². The summed E-state index contributed by atoms with van der Waals surface area (Å²) in [5, 5.41) is 4.77. The van der Waals surface area contributed by atoms with Gasteiger partial charge in [-0.1, -0.05) is 18.7 Å². The van der Waals surface area contributed by atoms with E-state index in [1.807, 2.05) is 11.8 Å². The standard InChI is InChI=1S/C13H24N2OS/c1-4-13(3)6-8-17-12(15-13)14-11-5-7-16-10(2)9-11/h10-11H,4-9H2,1-3H3,(H,14,15). The molecule has 2 heterocycles. The van der Waals surface area contributed by atoms with E-state index in [2.05, 4.69) is 26.1 Å². The number of rotatable bonds is 2. The molecule has 2 saturated heterocycles. The van der Waals surface area contributed by atoms with Crippen molar-refractivity contribution in [3.05, 3.63) is 0 Å². The van der Waals surface area contributed by atoms with Crippen molar-refractivity contribution in [3.8, 4) is 0 Å². The van der Waals surface area contributed by atoms with Crippen LogP contribution in [-0.2, 0) is 4.74 Å². The van der Waals surface area contributed by atoms with E-state index in [9.17, 15) is 0 Å². The van der Waals surface area contributed by atoms with E-state index >= 15 is 0 Å². The number of aliphatic imine (C=N–C) groups is 1. The Morgan fingerprint density at radius 3 is 3.12 bits per heavy atom. The van der Waals surface area contributed by atoms with E-state index in [0.29, 0.717) is 12.1 Å². The summed E-state index contributed by atoms with van der Waals surface area (Å²) in [5.74, 6) is 1.19. The van der Waals surface area contributed by atoms with Crippen LogP contribution in [0.2, 0.25) is 0 Å². The van der Waals surface area contributed by atoms with Crippen LogP contribution in [0.4, 0.5) is 0 Å². The van der Waals surface area contributed by atoms with Gasteiger partial charge in [-0.25, -0.2) is 0 Å². The van der Waals surface area contributed by atoms with Gasteiger partial charge in [0.15, 0.2) is 5.17 Å². The van der Waals surface area contributed by atoms with E-state index in [0.717, 1.165) is 31.0 Å². The van der Waals surface area contributed by atoms with Crippen LogP contribution in [0.5, 0.6) is 0 Å². The van der Waals surface area contributed by atoms with Crippen molar-refractivity contribution in [3.63, 3.8) is 0 Å². The molecule has 0 aromatic rings. The average Bonchev–Trinajstić information content (AvgIpc) is 2.29. The maximum absolute atomic E-state index is 5.56. The molecule has 0 spiro atoms. The van der Waals surface area contributed by atoms with Crippen LogP contribution in [0.3, 0.4) is 0 Å². The summed E-state index contributed by atoms with van der Waals surface area (Å²) in [6.07, 6.45) is 4.89. The molecule has 0 saturated carbocycles. The van der Waals surface area contributed by atoms with Crippen molar-refractivity contribution in [2.45, 2.75) is 64.1 Å². The molecular formula is C13H24N2OS. The fourth-order valence-electron chi connectivity index (χ4n) is 2.32. The zero-order valence-corrected chi connectivity index (χ0v) is 12.0. The van der Waals surface area contributed by atoms with E-state index in [1.54, 1.807) is 0 Å². The highest BCUT2D eigenvalue weighted by molar-refractivity contribution is 8.13. The Balaban J connectivity index is 1.96. The molecule has 3 atom stereocenters. The highest BCUT2D eigenvalue weighted by atomic mass is 32.2. The Kier molecular flexibility index (Phi) is 4.36. The van der Waals surface area contributed by atoms with Gasteiger partial charge in [-0.2, -0.15) is 0 Å². The summed E-state index contributed by atoms with van der Waals surface area (Å²) >= 11 is 1.87. The topological polar surface area (TPSA) is 33.6 Å². The number of amidine groups is 1. The lowest BCUT2D eigenvalue weighted by atomic mass is 9.96. The SMILES string of the molecule is CCC1(C)CCSC(=NC2CCOC(C)C2)N1. The van der Waals surface area contributed by atoms with Crippen LogP contribution in [-0.4, -0.2) is 35.2 Å². The van der Waals surface area contributed by atoms with Gasteiger partial charge in [-0.15, -0.1) is 0 Å². The van der Waals surface area contributed by atoms with Crippen LogP contribution >= 0.6 is 11.8 Å². The molecule has 2 aliphatic heterocycles. The van der Waals surface area contributed by atoms with Crippen molar-refractivity contribution < 1.29 is 4.74 Å². The van der Waals surface area contributed by atoms with Crippen molar-refractivity contribution in [1.29, 1.82) is 0 Å². The number of thioether (sulfide) groups is 1.